The van der Waals surface area contributed by atoms with E-state index in [1.165, 1.54) is 19.3 Å². The van der Waals surface area contributed by atoms with Gasteiger partial charge in [0.1, 0.15) is 6.10 Å². The zero-order chi connectivity index (χ0) is 11.9. The largest absolute Gasteiger partial charge is 0.457 e. The quantitative estimate of drug-likeness (QED) is 0.541. The molecule has 0 aromatic rings. The fourth-order valence-corrected chi connectivity index (χ4v) is 2.75. The number of carbonyl (C=O) groups is 1. The van der Waals surface area contributed by atoms with E-state index in [-0.39, 0.29) is 17.5 Å². The number of ether oxygens (including phenoxy) is 1. The molecule has 0 saturated heterocycles. The minimum atomic E-state index is -0.359. The molecule has 2 nitrogen and oxygen atoms in total. The van der Waals surface area contributed by atoms with Crippen LogP contribution in [0, 0.1) is 17.3 Å². The van der Waals surface area contributed by atoms with Gasteiger partial charge >= 0.3 is 5.97 Å². The van der Waals surface area contributed by atoms with Crippen LogP contribution in [0.4, 0.5) is 0 Å². The van der Waals surface area contributed by atoms with E-state index < -0.39 is 0 Å². The first-order valence-corrected chi connectivity index (χ1v) is 6.35. The molecule has 0 aliphatic heterocycles. The van der Waals surface area contributed by atoms with Crippen LogP contribution in [0.3, 0.4) is 0 Å². The second-order valence-corrected chi connectivity index (χ2v) is 5.91. The predicted molar refractivity (Wildman–Crippen MR) is 63.9 cm³/mol. The van der Waals surface area contributed by atoms with Crippen LogP contribution >= 0.6 is 0 Å². The summed E-state index contributed by atoms with van der Waals surface area (Å²) >= 11 is 0. The SMILES string of the molecule is C=C1C2CCC(C2)C1OC(=O)C(C)(C)CC. The summed E-state index contributed by atoms with van der Waals surface area (Å²) in [6.07, 6.45) is 4.46. The molecule has 0 spiro atoms. The Morgan fingerprint density at radius 1 is 1.50 bits per heavy atom. The molecule has 2 saturated carbocycles. The highest BCUT2D eigenvalue weighted by atomic mass is 16.5. The molecule has 90 valence electrons. The van der Waals surface area contributed by atoms with Crippen molar-refractivity contribution in [2.45, 2.75) is 52.6 Å². The van der Waals surface area contributed by atoms with E-state index in [2.05, 4.69) is 6.58 Å². The van der Waals surface area contributed by atoms with Gasteiger partial charge in [-0.2, -0.15) is 0 Å². The summed E-state index contributed by atoms with van der Waals surface area (Å²) < 4.78 is 5.67. The van der Waals surface area contributed by atoms with Gasteiger partial charge in [-0.3, -0.25) is 4.79 Å². The highest BCUT2D eigenvalue weighted by Crippen LogP contribution is 2.49. The molecule has 2 rings (SSSR count). The molecule has 0 amide bonds. The zero-order valence-corrected chi connectivity index (χ0v) is 10.6. The van der Waals surface area contributed by atoms with Crippen molar-refractivity contribution in [2.75, 3.05) is 0 Å². The molecule has 3 unspecified atom stereocenters. The number of rotatable bonds is 3. The minimum absolute atomic E-state index is 0.0112. The first-order valence-electron chi connectivity index (χ1n) is 6.35. The Balaban J connectivity index is 2.01. The van der Waals surface area contributed by atoms with Gasteiger partial charge in [0.25, 0.3) is 0 Å². The molecule has 0 radical (unpaired) electrons. The summed E-state index contributed by atoms with van der Waals surface area (Å²) in [5.41, 5.74) is 0.804. The molecule has 0 heterocycles. The monoisotopic (exact) mass is 222 g/mol. The molecular formula is C14H22O2. The Labute approximate surface area is 98.1 Å². The summed E-state index contributed by atoms with van der Waals surface area (Å²) in [4.78, 5) is 12.0. The van der Waals surface area contributed by atoms with Gasteiger partial charge < -0.3 is 4.74 Å². The number of esters is 1. The van der Waals surface area contributed by atoms with Crippen LogP contribution in [0.1, 0.15) is 46.5 Å². The van der Waals surface area contributed by atoms with Gasteiger partial charge in [-0.05, 0) is 51.0 Å². The highest BCUT2D eigenvalue weighted by Gasteiger charge is 2.45. The summed E-state index contributed by atoms with van der Waals surface area (Å²) in [6, 6.07) is 0. The summed E-state index contributed by atoms with van der Waals surface area (Å²) in [7, 11) is 0. The second kappa shape index (κ2) is 3.90. The van der Waals surface area contributed by atoms with Crippen molar-refractivity contribution in [1.82, 2.24) is 0 Å². The van der Waals surface area contributed by atoms with E-state index in [4.69, 9.17) is 4.74 Å². The Kier molecular flexibility index (Phi) is 2.85. The van der Waals surface area contributed by atoms with Crippen molar-refractivity contribution in [3.05, 3.63) is 12.2 Å². The maximum Gasteiger partial charge on any atom is 0.312 e. The third kappa shape index (κ3) is 1.79. The molecule has 0 aromatic carbocycles. The van der Waals surface area contributed by atoms with E-state index in [1.54, 1.807) is 0 Å². The number of hydrogen-bond acceptors (Lipinski definition) is 2. The number of fused-ring (bicyclic) bond motifs is 2. The first kappa shape index (κ1) is 11.7. The lowest BCUT2D eigenvalue weighted by Crippen LogP contribution is -2.33. The summed E-state index contributed by atoms with van der Waals surface area (Å²) in [5.74, 6) is 1.11. The molecule has 2 aliphatic carbocycles. The smallest absolute Gasteiger partial charge is 0.312 e. The van der Waals surface area contributed by atoms with Gasteiger partial charge in [0.2, 0.25) is 0 Å². The van der Waals surface area contributed by atoms with Crippen LogP contribution in [-0.4, -0.2) is 12.1 Å². The van der Waals surface area contributed by atoms with E-state index in [0.717, 1.165) is 12.0 Å². The summed E-state index contributed by atoms with van der Waals surface area (Å²) in [6.45, 7) is 10.0. The Bertz CT molecular complexity index is 317. The molecule has 3 atom stereocenters. The van der Waals surface area contributed by atoms with Crippen molar-refractivity contribution in [1.29, 1.82) is 0 Å². The molecule has 0 aromatic heterocycles. The van der Waals surface area contributed by atoms with Crippen LogP contribution in [0.15, 0.2) is 12.2 Å². The molecule has 16 heavy (non-hydrogen) atoms. The third-order valence-corrected chi connectivity index (χ3v) is 4.46. The first-order chi connectivity index (χ1) is 7.45. The highest BCUT2D eigenvalue weighted by molar-refractivity contribution is 5.76. The molecule has 2 aliphatic rings. The van der Waals surface area contributed by atoms with Crippen LogP contribution in [0.2, 0.25) is 0 Å². The van der Waals surface area contributed by atoms with E-state index in [0.29, 0.717) is 11.8 Å². The predicted octanol–water partition coefficient (Wildman–Crippen LogP) is 3.32. The third-order valence-electron chi connectivity index (χ3n) is 4.46. The van der Waals surface area contributed by atoms with Crippen molar-refractivity contribution in [3.63, 3.8) is 0 Å². The Hall–Kier alpha value is -0.790. The van der Waals surface area contributed by atoms with E-state index in [9.17, 15) is 4.79 Å². The molecule has 0 N–H and O–H groups in total. The second-order valence-electron chi connectivity index (χ2n) is 5.91. The van der Waals surface area contributed by atoms with E-state index >= 15 is 0 Å². The van der Waals surface area contributed by atoms with Crippen molar-refractivity contribution >= 4 is 5.97 Å². The molecule has 2 bridgehead atoms. The lowest BCUT2D eigenvalue weighted by molar-refractivity contribution is -0.159. The van der Waals surface area contributed by atoms with Crippen molar-refractivity contribution < 1.29 is 9.53 Å². The molecular weight excluding hydrogens is 200 g/mol. The van der Waals surface area contributed by atoms with Crippen molar-refractivity contribution in [3.8, 4) is 0 Å². The molecule has 2 heteroatoms. The van der Waals surface area contributed by atoms with Gasteiger partial charge in [-0.15, -0.1) is 0 Å². The fraction of sp³-hybridized carbons (Fsp3) is 0.786. The normalized spacial score (nSPS) is 33.2. The average Bonchev–Trinajstić information content (AvgIpc) is 2.82. The molecule has 2 fully saturated rings. The summed E-state index contributed by atoms with van der Waals surface area (Å²) in [5, 5.41) is 0. The number of hydrogen-bond donors (Lipinski definition) is 0. The maximum atomic E-state index is 12.0. The van der Waals surface area contributed by atoms with E-state index in [1.807, 2.05) is 20.8 Å². The van der Waals surface area contributed by atoms with Gasteiger partial charge in [0, 0.05) is 5.92 Å². The fourth-order valence-electron chi connectivity index (χ4n) is 2.75. The lowest BCUT2D eigenvalue weighted by Gasteiger charge is -2.28. The van der Waals surface area contributed by atoms with Gasteiger partial charge in [0.05, 0.1) is 5.41 Å². The van der Waals surface area contributed by atoms with Gasteiger partial charge in [0.15, 0.2) is 0 Å². The van der Waals surface area contributed by atoms with Crippen molar-refractivity contribution in [2.24, 2.45) is 17.3 Å². The van der Waals surface area contributed by atoms with Crippen LogP contribution in [0.25, 0.3) is 0 Å². The van der Waals surface area contributed by atoms with Gasteiger partial charge in [-0.1, -0.05) is 13.5 Å². The number of carbonyl (C=O) groups excluding carboxylic acids is 1. The Morgan fingerprint density at radius 2 is 2.19 bits per heavy atom. The minimum Gasteiger partial charge on any atom is -0.457 e. The topological polar surface area (TPSA) is 26.3 Å². The lowest BCUT2D eigenvalue weighted by atomic mass is 9.89. The Morgan fingerprint density at radius 3 is 2.69 bits per heavy atom. The standard InChI is InChI=1S/C14H22O2/c1-5-14(3,4)13(15)16-12-9(2)10-6-7-11(12)8-10/h10-12H,2,5-8H2,1,3-4H3. The van der Waals surface area contributed by atoms with Gasteiger partial charge in [-0.25, -0.2) is 0 Å². The maximum absolute atomic E-state index is 12.0. The van der Waals surface area contributed by atoms with Crippen LogP contribution < -0.4 is 0 Å². The van der Waals surface area contributed by atoms with Crippen LogP contribution in [0.5, 0.6) is 0 Å². The zero-order valence-electron chi connectivity index (χ0n) is 10.6. The average molecular weight is 222 g/mol. The van der Waals surface area contributed by atoms with Crippen LogP contribution in [-0.2, 0) is 9.53 Å².